The van der Waals surface area contributed by atoms with E-state index >= 15 is 0 Å². The Morgan fingerprint density at radius 1 is 1.12 bits per heavy atom. The predicted octanol–water partition coefficient (Wildman–Crippen LogP) is 6.86. The molecule has 1 aliphatic carbocycles. The van der Waals surface area contributed by atoms with Crippen molar-refractivity contribution in [2.75, 3.05) is 38.1 Å². The van der Waals surface area contributed by atoms with Crippen molar-refractivity contribution in [3.05, 3.63) is 67.3 Å². The number of nitro groups is 1. The second-order valence-corrected chi connectivity index (χ2v) is 11.9. The average Bonchev–Trinajstić information content (AvgIpc) is 3.35. The van der Waals surface area contributed by atoms with Crippen molar-refractivity contribution in [3.63, 3.8) is 0 Å². The van der Waals surface area contributed by atoms with Crippen LogP contribution in [0, 0.1) is 10.1 Å². The first kappa shape index (κ1) is 30.6. The summed E-state index contributed by atoms with van der Waals surface area (Å²) in [6.45, 7) is 3.21. The van der Waals surface area contributed by atoms with E-state index in [1.165, 1.54) is 6.07 Å². The first-order valence-electron chi connectivity index (χ1n) is 13.6. The molecule has 1 amide bonds. The monoisotopic (exact) mass is 672 g/mol. The zero-order valence-corrected chi connectivity index (χ0v) is 24.8. The molecule has 3 aromatic rings. The van der Waals surface area contributed by atoms with E-state index in [-0.39, 0.29) is 30.3 Å². The van der Waals surface area contributed by atoms with Gasteiger partial charge in [0.1, 0.15) is 23.5 Å². The van der Waals surface area contributed by atoms with Crippen molar-refractivity contribution in [3.8, 4) is 0 Å². The van der Waals surface area contributed by atoms with Gasteiger partial charge in [0.15, 0.2) is 0 Å². The smallest absolute Gasteiger partial charge is 0.423 e. The number of fused-ring (bicyclic) bond motifs is 1. The number of nitrogens with zero attached hydrogens (tertiary/aromatic N) is 3. The molecule has 14 heteroatoms. The largest absolute Gasteiger partial charge is 0.459 e. The number of furan rings is 1. The fourth-order valence-corrected chi connectivity index (χ4v) is 6.40. The van der Waals surface area contributed by atoms with Crippen molar-refractivity contribution >= 4 is 55.8 Å². The Morgan fingerprint density at radius 2 is 1.83 bits per heavy atom. The average molecular weight is 674 g/mol. The van der Waals surface area contributed by atoms with Gasteiger partial charge in [-0.05, 0) is 71.9 Å². The van der Waals surface area contributed by atoms with Crippen LogP contribution in [0.3, 0.4) is 0 Å². The van der Waals surface area contributed by atoms with Crippen LogP contribution in [0.15, 0.2) is 45.3 Å². The van der Waals surface area contributed by atoms with Crippen LogP contribution in [0.25, 0.3) is 11.0 Å². The summed E-state index contributed by atoms with van der Waals surface area (Å²) in [5.74, 6) is 0.762. The summed E-state index contributed by atoms with van der Waals surface area (Å²) < 4.78 is 52.5. The second-order valence-electron chi connectivity index (χ2n) is 10.6. The van der Waals surface area contributed by atoms with Gasteiger partial charge in [0.25, 0.3) is 5.69 Å². The van der Waals surface area contributed by atoms with Crippen molar-refractivity contribution in [2.45, 2.75) is 50.6 Å². The van der Waals surface area contributed by atoms with E-state index < -0.39 is 22.4 Å². The number of anilines is 1. The van der Waals surface area contributed by atoms with E-state index in [9.17, 15) is 28.1 Å². The number of ether oxygens (including phenoxy) is 1. The molecule has 2 fully saturated rings. The molecule has 42 heavy (non-hydrogen) atoms. The number of nitro benzene ring substituents is 1. The van der Waals surface area contributed by atoms with E-state index in [1.807, 2.05) is 12.1 Å². The molecule has 0 bridgehead atoms. The first-order valence-corrected chi connectivity index (χ1v) is 14.7. The molecule has 1 aliphatic heterocycles. The summed E-state index contributed by atoms with van der Waals surface area (Å²) in [7, 11) is 0. The van der Waals surface area contributed by atoms with Crippen LogP contribution in [-0.4, -0.2) is 65.6 Å². The first-order chi connectivity index (χ1) is 20.0. The Morgan fingerprint density at radius 3 is 2.50 bits per heavy atom. The van der Waals surface area contributed by atoms with Crippen molar-refractivity contribution in [1.29, 1.82) is 0 Å². The van der Waals surface area contributed by atoms with Crippen LogP contribution >= 0.6 is 27.5 Å². The van der Waals surface area contributed by atoms with Gasteiger partial charge in [-0.15, -0.1) is 0 Å². The summed E-state index contributed by atoms with van der Waals surface area (Å²) in [6.07, 6.45) is -2.36. The van der Waals surface area contributed by atoms with Crippen LogP contribution in [0.1, 0.15) is 37.0 Å². The molecule has 0 unspecified atom stereocenters. The van der Waals surface area contributed by atoms with E-state index in [1.54, 1.807) is 11.0 Å². The third kappa shape index (κ3) is 7.36. The summed E-state index contributed by atoms with van der Waals surface area (Å²) in [4.78, 5) is 26.8. The van der Waals surface area contributed by atoms with E-state index in [0.717, 1.165) is 33.3 Å². The SMILES string of the molecule is O=C(COC1CCC(Nc2ccc([N+](=O)[O-])c(C(F)(F)F)c2)CC1)N1CCN(Cc2cc3cc(Cl)cc(Br)c3o2)CC1. The van der Waals surface area contributed by atoms with Gasteiger partial charge in [-0.2, -0.15) is 13.2 Å². The molecule has 1 saturated heterocycles. The molecule has 2 aromatic carbocycles. The lowest BCUT2D eigenvalue weighted by molar-refractivity contribution is -0.388. The van der Waals surface area contributed by atoms with Gasteiger partial charge in [0.2, 0.25) is 5.91 Å². The second kappa shape index (κ2) is 12.8. The molecule has 1 N–H and O–H groups in total. The van der Waals surface area contributed by atoms with Crippen LogP contribution < -0.4 is 5.32 Å². The summed E-state index contributed by atoms with van der Waals surface area (Å²) >= 11 is 9.61. The summed E-state index contributed by atoms with van der Waals surface area (Å²) in [6, 6.07) is 8.49. The number of carbonyl (C=O) groups excluding carboxylic acids is 1. The summed E-state index contributed by atoms with van der Waals surface area (Å²) in [5.41, 5.74) is -1.31. The minimum atomic E-state index is -4.83. The molecule has 0 spiro atoms. The molecule has 2 aliphatic rings. The lowest BCUT2D eigenvalue weighted by Crippen LogP contribution is -2.49. The molecule has 1 saturated carbocycles. The Bertz CT molecular complexity index is 1450. The van der Waals surface area contributed by atoms with Gasteiger partial charge in [-0.1, -0.05) is 11.6 Å². The Kier molecular flexibility index (Phi) is 9.31. The highest BCUT2D eigenvalue weighted by atomic mass is 79.9. The van der Waals surface area contributed by atoms with Crippen LogP contribution in [0.5, 0.6) is 0 Å². The van der Waals surface area contributed by atoms with Gasteiger partial charge < -0.3 is 19.4 Å². The number of hydrogen-bond donors (Lipinski definition) is 1. The van der Waals surface area contributed by atoms with E-state index in [2.05, 4.69) is 26.1 Å². The Balaban J connectivity index is 1.03. The quantitative estimate of drug-likeness (QED) is 0.206. The summed E-state index contributed by atoms with van der Waals surface area (Å²) in [5, 5.41) is 15.6. The molecule has 0 atom stereocenters. The number of benzene rings is 2. The molecule has 226 valence electrons. The Labute approximate surface area is 253 Å². The highest BCUT2D eigenvalue weighted by molar-refractivity contribution is 9.10. The minimum Gasteiger partial charge on any atom is -0.459 e. The zero-order chi connectivity index (χ0) is 30.0. The molecule has 2 heterocycles. The number of carbonyl (C=O) groups is 1. The van der Waals surface area contributed by atoms with E-state index in [4.69, 9.17) is 20.8 Å². The maximum atomic E-state index is 13.3. The molecule has 5 rings (SSSR count). The highest BCUT2D eigenvalue weighted by Gasteiger charge is 2.38. The predicted molar refractivity (Wildman–Crippen MR) is 154 cm³/mol. The van der Waals surface area contributed by atoms with Crippen molar-refractivity contribution in [2.24, 2.45) is 0 Å². The van der Waals surface area contributed by atoms with Gasteiger partial charge in [-0.25, -0.2) is 0 Å². The number of hydrogen-bond acceptors (Lipinski definition) is 7. The lowest BCUT2D eigenvalue weighted by Gasteiger charge is -2.35. The number of rotatable bonds is 8. The third-order valence-electron chi connectivity index (χ3n) is 7.68. The molecule has 1 aromatic heterocycles. The fourth-order valence-electron chi connectivity index (χ4n) is 5.48. The van der Waals surface area contributed by atoms with Gasteiger partial charge in [0.05, 0.1) is 22.0 Å². The lowest BCUT2D eigenvalue weighted by atomic mass is 9.92. The van der Waals surface area contributed by atoms with Gasteiger partial charge in [-0.3, -0.25) is 19.8 Å². The topological polar surface area (TPSA) is 101 Å². The zero-order valence-electron chi connectivity index (χ0n) is 22.5. The number of alkyl halides is 3. The number of piperazine rings is 1. The molecular formula is C28H29BrClF3N4O5. The maximum absolute atomic E-state index is 13.3. The van der Waals surface area contributed by atoms with Gasteiger partial charge in [0, 0.05) is 54.4 Å². The van der Waals surface area contributed by atoms with Crippen molar-refractivity contribution in [1.82, 2.24) is 9.80 Å². The number of halogens is 5. The van der Waals surface area contributed by atoms with Crippen molar-refractivity contribution < 1.29 is 32.0 Å². The molecular weight excluding hydrogens is 645 g/mol. The maximum Gasteiger partial charge on any atom is 0.423 e. The van der Waals surface area contributed by atoms with Crippen LogP contribution in [0.4, 0.5) is 24.5 Å². The van der Waals surface area contributed by atoms with Crippen LogP contribution in [0.2, 0.25) is 5.02 Å². The number of nitrogens with one attached hydrogen (secondary N) is 1. The Hall–Kier alpha value is -2.87. The third-order valence-corrected chi connectivity index (χ3v) is 8.48. The van der Waals surface area contributed by atoms with Gasteiger partial charge >= 0.3 is 6.18 Å². The molecule has 9 nitrogen and oxygen atoms in total. The number of amides is 1. The minimum absolute atomic E-state index is 0.0155. The van der Waals surface area contributed by atoms with E-state index in [0.29, 0.717) is 63.4 Å². The molecule has 0 radical (unpaired) electrons. The normalized spacial score (nSPS) is 20.2. The highest BCUT2D eigenvalue weighted by Crippen LogP contribution is 2.38. The fraction of sp³-hybridized carbons (Fsp3) is 0.464. The standard InChI is InChI=1S/C28H29BrClF3N4O5/c29-24-13-18(30)11-17-12-22(42-27(17)24)15-35-7-9-36(10-8-35)26(38)16-41-21-4-1-19(2-5-21)34-20-3-6-25(37(39)40)23(14-20)28(31,32)33/h3,6,11-14,19,21,34H,1-2,4-5,7-10,15-16H2. The van der Waals surface area contributed by atoms with Crippen LogP contribution in [-0.2, 0) is 22.3 Å².